The van der Waals surface area contributed by atoms with Crippen LogP contribution >= 0.6 is 11.6 Å². The summed E-state index contributed by atoms with van der Waals surface area (Å²) in [4.78, 5) is 22.8. The van der Waals surface area contributed by atoms with Gasteiger partial charge in [0.15, 0.2) is 12.0 Å². The number of hydrogen-bond acceptors (Lipinski definition) is 4. The topological polar surface area (TPSA) is 61.2 Å². The third-order valence-electron chi connectivity index (χ3n) is 2.76. The normalized spacial score (nSPS) is 10.3. The lowest BCUT2D eigenvalue weighted by atomic mass is 10.2. The molecule has 20 heavy (non-hydrogen) atoms. The number of hydrogen-bond donors (Lipinski definition) is 0. The summed E-state index contributed by atoms with van der Waals surface area (Å²) in [6.45, 7) is 3.80. The average Bonchev–Trinajstić information content (AvgIpc) is 2.86. The average molecular weight is 293 g/mol. The molecule has 5 nitrogen and oxygen atoms in total. The molecule has 0 atom stereocenters. The second-order valence-corrected chi connectivity index (χ2v) is 4.58. The number of ether oxygens (including phenoxy) is 1. The van der Waals surface area contributed by atoms with Crippen LogP contribution in [0.5, 0.6) is 0 Å². The van der Waals surface area contributed by atoms with Gasteiger partial charge in [-0.3, -0.25) is 4.79 Å². The Bertz CT molecular complexity index is 664. The lowest BCUT2D eigenvalue weighted by molar-refractivity contribution is 0.0517. The van der Waals surface area contributed by atoms with Gasteiger partial charge in [-0.15, -0.1) is 0 Å². The zero-order valence-corrected chi connectivity index (χ0v) is 11.8. The Morgan fingerprint density at radius 1 is 1.50 bits per heavy atom. The molecule has 0 saturated carbocycles. The molecule has 2 aromatic rings. The van der Waals surface area contributed by atoms with Gasteiger partial charge in [-0.1, -0.05) is 17.7 Å². The summed E-state index contributed by atoms with van der Waals surface area (Å²) >= 11 is 5.96. The summed E-state index contributed by atoms with van der Waals surface area (Å²) in [6.07, 6.45) is 2.06. The number of aryl methyl sites for hydroxylation is 1. The maximum absolute atomic E-state index is 11.7. The summed E-state index contributed by atoms with van der Waals surface area (Å²) in [5.41, 5.74) is 1.81. The molecule has 0 aliphatic rings. The largest absolute Gasteiger partial charge is 0.461 e. The number of rotatable bonds is 4. The molecule has 0 saturated heterocycles. The van der Waals surface area contributed by atoms with Crippen molar-refractivity contribution in [1.82, 2.24) is 9.78 Å². The van der Waals surface area contributed by atoms with E-state index < -0.39 is 5.97 Å². The standard InChI is InChI=1S/C14H13ClN2O3/c1-3-20-14(19)13-10(8-18)7-17(16-13)12-6-11(15)5-4-9(12)2/h4-8H,3H2,1-2H3. The Morgan fingerprint density at radius 3 is 2.90 bits per heavy atom. The number of aromatic nitrogens is 2. The monoisotopic (exact) mass is 292 g/mol. The molecule has 2 rings (SSSR count). The van der Waals surface area contributed by atoms with Crippen LogP contribution in [-0.4, -0.2) is 28.6 Å². The van der Waals surface area contributed by atoms with E-state index >= 15 is 0 Å². The second kappa shape index (κ2) is 5.88. The molecular weight excluding hydrogens is 280 g/mol. The maximum Gasteiger partial charge on any atom is 0.359 e. The SMILES string of the molecule is CCOC(=O)c1nn(-c2cc(Cl)ccc2C)cc1C=O. The summed E-state index contributed by atoms with van der Waals surface area (Å²) in [6, 6.07) is 5.31. The van der Waals surface area contributed by atoms with Crippen LogP contribution in [0.15, 0.2) is 24.4 Å². The molecule has 1 heterocycles. The van der Waals surface area contributed by atoms with E-state index in [-0.39, 0.29) is 17.9 Å². The van der Waals surface area contributed by atoms with Crippen molar-refractivity contribution in [3.05, 3.63) is 46.2 Å². The van der Waals surface area contributed by atoms with Crippen molar-refractivity contribution < 1.29 is 14.3 Å². The van der Waals surface area contributed by atoms with Crippen molar-refractivity contribution in [2.45, 2.75) is 13.8 Å². The molecule has 0 fully saturated rings. The van der Waals surface area contributed by atoms with E-state index in [1.165, 1.54) is 10.9 Å². The number of nitrogens with zero attached hydrogens (tertiary/aromatic N) is 2. The van der Waals surface area contributed by atoms with Gasteiger partial charge in [-0.25, -0.2) is 9.48 Å². The van der Waals surface area contributed by atoms with Gasteiger partial charge in [-0.05, 0) is 31.5 Å². The van der Waals surface area contributed by atoms with E-state index in [2.05, 4.69) is 5.10 Å². The third kappa shape index (κ3) is 2.72. The molecule has 104 valence electrons. The minimum Gasteiger partial charge on any atom is -0.461 e. The van der Waals surface area contributed by atoms with Crippen LogP contribution in [0.3, 0.4) is 0 Å². The lowest BCUT2D eigenvalue weighted by Crippen LogP contribution is -2.08. The quantitative estimate of drug-likeness (QED) is 0.642. The second-order valence-electron chi connectivity index (χ2n) is 4.15. The van der Waals surface area contributed by atoms with Gasteiger partial charge < -0.3 is 4.74 Å². The molecule has 0 amide bonds. The zero-order valence-electron chi connectivity index (χ0n) is 11.1. The first kappa shape index (κ1) is 14.3. The van der Waals surface area contributed by atoms with E-state index in [0.29, 0.717) is 17.0 Å². The molecular formula is C14H13ClN2O3. The molecule has 0 bridgehead atoms. The van der Waals surface area contributed by atoms with Crippen LogP contribution in [0.4, 0.5) is 0 Å². The number of aldehydes is 1. The Labute approximate surface area is 121 Å². The van der Waals surface area contributed by atoms with Crippen molar-refractivity contribution in [3.8, 4) is 5.69 Å². The summed E-state index contributed by atoms with van der Waals surface area (Å²) in [5, 5.41) is 4.67. The highest BCUT2D eigenvalue weighted by atomic mass is 35.5. The highest BCUT2D eigenvalue weighted by Gasteiger charge is 2.18. The highest BCUT2D eigenvalue weighted by molar-refractivity contribution is 6.30. The van der Waals surface area contributed by atoms with Crippen LogP contribution in [0, 0.1) is 6.92 Å². The van der Waals surface area contributed by atoms with Crippen molar-refractivity contribution in [1.29, 1.82) is 0 Å². The summed E-state index contributed by atoms with van der Waals surface area (Å²) in [7, 11) is 0. The van der Waals surface area contributed by atoms with E-state index in [9.17, 15) is 9.59 Å². The third-order valence-corrected chi connectivity index (χ3v) is 2.99. The number of esters is 1. The Hall–Kier alpha value is -2.14. The summed E-state index contributed by atoms with van der Waals surface area (Å²) in [5.74, 6) is -0.618. The van der Waals surface area contributed by atoms with Crippen LogP contribution in [0.1, 0.15) is 33.3 Å². The van der Waals surface area contributed by atoms with Crippen molar-refractivity contribution in [3.63, 3.8) is 0 Å². The van der Waals surface area contributed by atoms with E-state index in [0.717, 1.165) is 5.56 Å². The number of carbonyl (C=O) groups excluding carboxylic acids is 2. The molecule has 6 heteroatoms. The van der Waals surface area contributed by atoms with Gasteiger partial charge in [0.05, 0.1) is 17.9 Å². The molecule has 0 aliphatic carbocycles. The van der Waals surface area contributed by atoms with Gasteiger partial charge in [0, 0.05) is 11.2 Å². The smallest absolute Gasteiger partial charge is 0.359 e. The minimum absolute atomic E-state index is 0.00113. The fraction of sp³-hybridized carbons (Fsp3) is 0.214. The lowest BCUT2D eigenvalue weighted by Gasteiger charge is -2.05. The van der Waals surface area contributed by atoms with Crippen molar-refractivity contribution in [2.75, 3.05) is 6.61 Å². The maximum atomic E-state index is 11.7. The Morgan fingerprint density at radius 2 is 2.25 bits per heavy atom. The molecule has 1 aromatic carbocycles. The van der Waals surface area contributed by atoms with Crippen LogP contribution < -0.4 is 0 Å². The zero-order chi connectivity index (χ0) is 14.7. The van der Waals surface area contributed by atoms with Crippen LogP contribution in [-0.2, 0) is 4.74 Å². The minimum atomic E-state index is -0.618. The molecule has 0 N–H and O–H groups in total. The van der Waals surface area contributed by atoms with Gasteiger partial charge in [-0.2, -0.15) is 5.10 Å². The first-order valence-electron chi connectivity index (χ1n) is 6.05. The molecule has 0 radical (unpaired) electrons. The van der Waals surface area contributed by atoms with Crippen LogP contribution in [0.2, 0.25) is 5.02 Å². The first-order chi connectivity index (χ1) is 9.56. The molecule has 0 spiro atoms. The Balaban J connectivity index is 2.51. The van der Waals surface area contributed by atoms with E-state index in [1.807, 2.05) is 13.0 Å². The van der Waals surface area contributed by atoms with Crippen molar-refractivity contribution in [2.24, 2.45) is 0 Å². The summed E-state index contributed by atoms with van der Waals surface area (Å²) < 4.78 is 6.33. The van der Waals surface area contributed by atoms with Gasteiger partial charge in [0.1, 0.15) is 0 Å². The fourth-order valence-corrected chi connectivity index (χ4v) is 1.95. The first-order valence-corrected chi connectivity index (χ1v) is 6.43. The number of halogens is 1. The highest BCUT2D eigenvalue weighted by Crippen LogP contribution is 2.20. The van der Waals surface area contributed by atoms with Crippen LogP contribution in [0.25, 0.3) is 5.69 Å². The molecule has 1 aromatic heterocycles. The fourth-order valence-electron chi connectivity index (χ4n) is 1.78. The molecule has 0 unspecified atom stereocenters. The van der Waals surface area contributed by atoms with Gasteiger partial charge >= 0.3 is 5.97 Å². The van der Waals surface area contributed by atoms with Gasteiger partial charge in [0.25, 0.3) is 0 Å². The van der Waals surface area contributed by atoms with E-state index in [4.69, 9.17) is 16.3 Å². The van der Waals surface area contributed by atoms with E-state index in [1.54, 1.807) is 19.1 Å². The number of carbonyl (C=O) groups is 2. The molecule has 0 aliphatic heterocycles. The van der Waals surface area contributed by atoms with Crippen molar-refractivity contribution >= 4 is 23.9 Å². The number of benzene rings is 1. The predicted octanol–water partition coefficient (Wildman–Crippen LogP) is 2.82. The predicted molar refractivity (Wildman–Crippen MR) is 74.7 cm³/mol. The Kier molecular flexibility index (Phi) is 4.20. The van der Waals surface area contributed by atoms with Gasteiger partial charge in [0.2, 0.25) is 0 Å².